The molecule has 0 atom stereocenters. The number of aliphatic carboxylic acids is 1. The second kappa shape index (κ2) is 3.46. The lowest BCUT2D eigenvalue weighted by Gasteiger charge is -2.43. The van der Waals surface area contributed by atoms with E-state index in [0.717, 1.165) is 32.1 Å². The Labute approximate surface area is 74.0 Å². The minimum atomic E-state index is -0.567. The Morgan fingerprint density at radius 3 is 2.00 bits per heavy atom. The van der Waals surface area contributed by atoms with E-state index in [-0.39, 0.29) is 5.41 Å². The molecule has 1 saturated carbocycles. The van der Waals surface area contributed by atoms with E-state index in [1.807, 2.05) is 0 Å². The van der Waals surface area contributed by atoms with E-state index in [1.165, 1.54) is 0 Å². The second-order valence-corrected chi connectivity index (χ2v) is 3.83. The van der Waals surface area contributed by atoms with Gasteiger partial charge in [-0.05, 0) is 18.8 Å². The van der Waals surface area contributed by atoms with Crippen molar-refractivity contribution in [3.8, 4) is 0 Å². The van der Waals surface area contributed by atoms with Gasteiger partial charge in [-0.3, -0.25) is 4.79 Å². The summed E-state index contributed by atoms with van der Waals surface area (Å²) in [6.07, 6.45) is 4.90. The first-order chi connectivity index (χ1) is 5.67. The summed E-state index contributed by atoms with van der Waals surface area (Å²) in [6, 6.07) is 0. The average molecular weight is 170 g/mol. The number of carboxylic acids is 1. The van der Waals surface area contributed by atoms with Gasteiger partial charge < -0.3 is 5.11 Å². The highest BCUT2D eigenvalue weighted by Crippen LogP contribution is 2.49. The number of hydrogen-bond donors (Lipinski definition) is 1. The molecule has 1 rings (SSSR count). The Bertz CT molecular complexity index is 167. The molecule has 2 nitrogen and oxygen atoms in total. The molecule has 2 heteroatoms. The molecule has 0 amide bonds. The van der Waals surface area contributed by atoms with Crippen molar-refractivity contribution in [1.82, 2.24) is 0 Å². The van der Waals surface area contributed by atoms with Crippen molar-refractivity contribution in [3.05, 3.63) is 0 Å². The molecule has 0 heterocycles. The van der Waals surface area contributed by atoms with Crippen molar-refractivity contribution in [2.24, 2.45) is 11.3 Å². The lowest BCUT2D eigenvalue weighted by atomic mass is 9.59. The Balaban J connectivity index is 2.71. The molecule has 12 heavy (non-hydrogen) atoms. The van der Waals surface area contributed by atoms with Crippen LogP contribution in [0.5, 0.6) is 0 Å². The van der Waals surface area contributed by atoms with Gasteiger partial charge in [0.05, 0.1) is 5.41 Å². The normalized spacial score (nSPS) is 20.6. The molecule has 1 N–H and O–H groups in total. The van der Waals surface area contributed by atoms with Gasteiger partial charge in [0.25, 0.3) is 0 Å². The zero-order valence-corrected chi connectivity index (χ0v) is 7.97. The summed E-state index contributed by atoms with van der Waals surface area (Å²) in [5.74, 6) is -0.175. The fourth-order valence-electron chi connectivity index (χ4n) is 2.42. The standard InChI is InChI=1S/C10H18O2/c1-3-8(4-2)10(9(11)12)6-5-7-10/h8H,3-7H2,1-2H3,(H,11,12). The maximum absolute atomic E-state index is 11.1. The van der Waals surface area contributed by atoms with Crippen LogP contribution in [0.2, 0.25) is 0 Å². The molecule has 0 bridgehead atoms. The zero-order chi connectivity index (χ0) is 9.19. The molecule has 0 aromatic rings. The lowest BCUT2D eigenvalue weighted by Crippen LogP contribution is -2.44. The summed E-state index contributed by atoms with van der Waals surface area (Å²) in [6.45, 7) is 4.19. The molecule has 0 aromatic carbocycles. The van der Waals surface area contributed by atoms with Crippen LogP contribution in [-0.4, -0.2) is 11.1 Å². The molecule has 1 aliphatic rings. The van der Waals surface area contributed by atoms with Crippen LogP contribution >= 0.6 is 0 Å². The molecular formula is C10H18O2. The SMILES string of the molecule is CCC(CC)C1(C(=O)O)CCC1. The van der Waals surface area contributed by atoms with Crippen LogP contribution in [0.4, 0.5) is 0 Å². The molecule has 1 aliphatic carbocycles. The van der Waals surface area contributed by atoms with E-state index in [4.69, 9.17) is 5.11 Å². The molecule has 0 spiro atoms. The van der Waals surface area contributed by atoms with Crippen LogP contribution in [0.25, 0.3) is 0 Å². The van der Waals surface area contributed by atoms with E-state index in [1.54, 1.807) is 0 Å². The summed E-state index contributed by atoms with van der Waals surface area (Å²) >= 11 is 0. The maximum Gasteiger partial charge on any atom is 0.309 e. The van der Waals surface area contributed by atoms with E-state index in [2.05, 4.69) is 13.8 Å². The zero-order valence-electron chi connectivity index (χ0n) is 7.97. The Morgan fingerprint density at radius 1 is 1.42 bits per heavy atom. The van der Waals surface area contributed by atoms with Gasteiger partial charge in [-0.15, -0.1) is 0 Å². The molecule has 70 valence electrons. The van der Waals surface area contributed by atoms with Crippen molar-refractivity contribution in [3.63, 3.8) is 0 Å². The molecule has 0 unspecified atom stereocenters. The Hall–Kier alpha value is -0.530. The Morgan fingerprint density at radius 2 is 1.92 bits per heavy atom. The van der Waals surface area contributed by atoms with Crippen molar-refractivity contribution in [1.29, 1.82) is 0 Å². The molecule has 1 fully saturated rings. The quantitative estimate of drug-likeness (QED) is 0.704. The number of carbonyl (C=O) groups is 1. The summed E-state index contributed by atoms with van der Waals surface area (Å²) < 4.78 is 0. The van der Waals surface area contributed by atoms with Gasteiger partial charge >= 0.3 is 5.97 Å². The van der Waals surface area contributed by atoms with Gasteiger partial charge in [-0.2, -0.15) is 0 Å². The van der Waals surface area contributed by atoms with E-state index < -0.39 is 5.97 Å². The minimum Gasteiger partial charge on any atom is -0.481 e. The molecule has 0 aromatic heterocycles. The van der Waals surface area contributed by atoms with Crippen molar-refractivity contribution in [2.75, 3.05) is 0 Å². The van der Waals surface area contributed by atoms with Crippen LogP contribution in [0.15, 0.2) is 0 Å². The molecule has 0 radical (unpaired) electrons. The van der Waals surface area contributed by atoms with Gasteiger partial charge in [-0.25, -0.2) is 0 Å². The number of carboxylic acid groups (broad SMARTS) is 1. The minimum absolute atomic E-state index is 0.344. The fraction of sp³-hybridized carbons (Fsp3) is 0.900. The maximum atomic E-state index is 11.1. The average Bonchev–Trinajstić information content (AvgIpc) is 1.95. The van der Waals surface area contributed by atoms with Crippen molar-refractivity contribution < 1.29 is 9.90 Å². The highest BCUT2D eigenvalue weighted by molar-refractivity contribution is 5.76. The highest BCUT2D eigenvalue weighted by Gasteiger charge is 2.48. The first-order valence-corrected chi connectivity index (χ1v) is 4.90. The van der Waals surface area contributed by atoms with Gasteiger partial charge in [0, 0.05) is 0 Å². The Kier molecular flexibility index (Phi) is 2.76. The van der Waals surface area contributed by atoms with E-state index in [9.17, 15) is 4.79 Å². The van der Waals surface area contributed by atoms with Crippen LogP contribution in [-0.2, 0) is 4.79 Å². The van der Waals surface area contributed by atoms with Crippen LogP contribution in [0.3, 0.4) is 0 Å². The van der Waals surface area contributed by atoms with Crippen LogP contribution in [0.1, 0.15) is 46.0 Å². The van der Waals surface area contributed by atoms with Gasteiger partial charge in [-0.1, -0.05) is 33.1 Å². The number of rotatable bonds is 4. The summed E-state index contributed by atoms with van der Waals surface area (Å²) in [5, 5.41) is 9.12. The first kappa shape index (κ1) is 9.56. The van der Waals surface area contributed by atoms with Gasteiger partial charge in [0.15, 0.2) is 0 Å². The lowest BCUT2D eigenvalue weighted by molar-refractivity contribution is -0.160. The van der Waals surface area contributed by atoms with E-state index >= 15 is 0 Å². The third-order valence-electron chi connectivity index (χ3n) is 3.44. The third-order valence-corrected chi connectivity index (χ3v) is 3.44. The second-order valence-electron chi connectivity index (χ2n) is 3.83. The van der Waals surface area contributed by atoms with Crippen molar-refractivity contribution in [2.45, 2.75) is 46.0 Å². The third kappa shape index (κ3) is 1.23. The summed E-state index contributed by atoms with van der Waals surface area (Å²) in [4.78, 5) is 11.1. The van der Waals surface area contributed by atoms with E-state index in [0.29, 0.717) is 5.92 Å². The van der Waals surface area contributed by atoms with Crippen LogP contribution < -0.4 is 0 Å². The number of hydrogen-bond acceptors (Lipinski definition) is 1. The summed E-state index contributed by atoms with van der Waals surface area (Å²) in [5.41, 5.74) is -0.344. The molecule has 0 aliphatic heterocycles. The monoisotopic (exact) mass is 170 g/mol. The van der Waals surface area contributed by atoms with Crippen LogP contribution in [0, 0.1) is 11.3 Å². The molecular weight excluding hydrogens is 152 g/mol. The predicted molar refractivity (Wildman–Crippen MR) is 48.0 cm³/mol. The van der Waals surface area contributed by atoms with Gasteiger partial charge in [0.1, 0.15) is 0 Å². The largest absolute Gasteiger partial charge is 0.481 e. The topological polar surface area (TPSA) is 37.3 Å². The molecule has 0 saturated heterocycles. The fourth-order valence-corrected chi connectivity index (χ4v) is 2.42. The first-order valence-electron chi connectivity index (χ1n) is 4.90. The van der Waals surface area contributed by atoms with Crippen molar-refractivity contribution >= 4 is 5.97 Å². The van der Waals surface area contributed by atoms with Gasteiger partial charge in [0.2, 0.25) is 0 Å². The predicted octanol–water partition coefficient (Wildman–Crippen LogP) is 2.68. The smallest absolute Gasteiger partial charge is 0.309 e. The highest BCUT2D eigenvalue weighted by atomic mass is 16.4. The summed E-state index contributed by atoms with van der Waals surface area (Å²) in [7, 11) is 0.